The number of hydrogen-bond acceptors (Lipinski definition) is 2. The van der Waals surface area contributed by atoms with Gasteiger partial charge in [0.2, 0.25) is 0 Å². The Morgan fingerprint density at radius 1 is 0.750 bits per heavy atom. The van der Waals surface area contributed by atoms with Crippen molar-refractivity contribution in [3.63, 3.8) is 0 Å². The summed E-state index contributed by atoms with van der Waals surface area (Å²) >= 11 is 0. The Balaban J connectivity index is 1.50. The maximum Gasteiger partial charge on any atom is 0.144 e. The summed E-state index contributed by atoms with van der Waals surface area (Å²) in [6.45, 7) is 2.09. The SMILES string of the molecule is [2H]C([2H])([2H])c1cnc(-c2cc(-c3ccccc3)cc3c2oc2c(-c4ccccc4)cccc23)cc1C1([2H])CCC(C)(C)CC1. The van der Waals surface area contributed by atoms with Crippen LogP contribution in [0.4, 0.5) is 0 Å². The van der Waals surface area contributed by atoms with E-state index in [4.69, 9.17) is 13.5 Å². The summed E-state index contributed by atoms with van der Waals surface area (Å²) in [5.41, 5.74) is 7.93. The molecule has 2 nitrogen and oxygen atoms in total. The van der Waals surface area contributed by atoms with E-state index < -0.39 is 12.7 Å². The quantitative estimate of drug-likeness (QED) is 0.229. The molecular weight excluding hydrogens is 486 g/mol. The highest BCUT2D eigenvalue weighted by molar-refractivity contribution is 6.14. The minimum atomic E-state index is -2.37. The third-order valence-electron chi connectivity index (χ3n) is 8.56. The van der Waals surface area contributed by atoms with E-state index in [0.29, 0.717) is 29.7 Å². The van der Waals surface area contributed by atoms with Crippen molar-refractivity contribution < 1.29 is 9.90 Å². The highest BCUT2D eigenvalue weighted by Gasteiger charge is 2.29. The molecule has 0 amide bonds. The van der Waals surface area contributed by atoms with E-state index in [2.05, 4.69) is 68.4 Å². The van der Waals surface area contributed by atoms with Crippen LogP contribution in [0.1, 0.15) is 62.0 Å². The van der Waals surface area contributed by atoms with Gasteiger partial charge in [-0.3, -0.25) is 4.98 Å². The number of fused-ring (bicyclic) bond motifs is 3. The van der Waals surface area contributed by atoms with Crippen LogP contribution in [0.5, 0.6) is 0 Å². The van der Waals surface area contributed by atoms with Gasteiger partial charge in [-0.2, -0.15) is 0 Å². The number of nitrogens with zero attached hydrogens (tertiary/aromatic N) is 1. The third-order valence-corrected chi connectivity index (χ3v) is 8.56. The summed E-state index contributed by atoms with van der Waals surface area (Å²) < 4.78 is 41.3. The highest BCUT2D eigenvalue weighted by atomic mass is 16.3. The monoisotopic (exact) mass is 525 g/mol. The second kappa shape index (κ2) is 9.78. The Morgan fingerprint density at radius 2 is 1.45 bits per heavy atom. The topological polar surface area (TPSA) is 26.0 Å². The molecule has 1 saturated carbocycles. The zero-order valence-electron chi connectivity index (χ0n) is 27.0. The van der Waals surface area contributed by atoms with Crippen LogP contribution >= 0.6 is 0 Å². The van der Waals surface area contributed by atoms with Crippen molar-refractivity contribution >= 4 is 21.9 Å². The van der Waals surface area contributed by atoms with Crippen LogP contribution in [0.2, 0.25) is 0 Å². The van der Waals surface area contributed by atoms with Crippen LogP contribution in [-0.2, 0) is 0 Å². The van der Waals surface area contributed by atoms with Gasteiger partial charge in [0.25, 0.3) is 0 Å². The van der Waals surface area contributed by atoms with Gasteiger partial charge in [0.15, 0.2) is 0 Å². The zero-order chi connectivity index (χ0) is 30.7. The summed E-state index contributed by atoms with van der Waals surface area (Å²) in [7, 11) is 0. The van der Waals surface area contributed by atoms with Crippen molar-refractivity contribution in [3.05, 3.63) is 114 Å². The molecule has 198 valence electrons. The molecule has 0 unspecified atom stereocenters. The van der Waals surface area contributed by atoms with Crippen molar-refractivity contribution in [2.24, 2.45) is 5.41 Å². The summed E-state index contributed by atoms with van der Waals surface area (Å²) in [5, 5.41) is 1.98. The highest BCUT2D eigenvalue weighted by Crippen LogP contribution is 2.45. The smallest absolute Gasteiger partial charge is 0.144 e. The van der Waals surface area contributed by atoms with Gasteiger partial charge in [-0.1, -0.05) is 92.7 Å². The van der Waals surface area contributed by atoms with Crippen LogP contribution in [0, 0.1) is 12.3 Å². The summed E-state index contributed by atoms with van der Waals surface area (Å²) in [5.74, 6) is -0.999. The van der Waals surface area contributed by atoms with Crippen molar-refractivity contribution in [2.75, 3.05) is 0 Å². The number of aromatic nitrogens is 1. The van der Waals surface area contributed by atoms with Crippen LogP contribution < -0.4 is 0 Å². The first-order valence-electron chi connectivity index (χ1n) is 16.1. The van der Waals surface area contributed by atoms with Gasteiger partial charge in [0, 0.05) is 33.6 Å². The molecule has 1 fully saturated rings. The predicted molar refractivity (Wildman–Crippen MR) is 168 cm³/mol. The van der Waals surface area contributed by atoms with E-state index in [1.54, 1.807) is 0 Å². The first-order valence-corrected chi connectivity index (χ1v) is 14.1. The minimum absolute atomic E-state index is 0.140. The van der Waals surface area contributed by atoms with E-state index in [0.717, 1.165) is 57.0 Å². The number of aryl methyl sites for hydroxylation is 1. The maximum atomic E-state index is 9.57. The molecule has 0 bridgehead atoms. The fourth-order valence-electron chi connectivity index (χ4n) is 6.13. The number of furan rings is 1. The van der Waals surface area contributed by atoms with Crippen molar-refractivity contribution in [3.8, 4) is 33.5 Å². The second-order valence-corrected chi connectivity index (χ2v) is 11.8. The summed E-state index contributed by atoms with van der Waals surface area (Å²) in [6, 6.07) is 32.8. The lowest BCUT2D eigenvalue weighted by molar-refractivity contribution is 0.224. The number of pyridine rings is 1. The number of benzene rings is 4. The largest absolute Gasteiger partial charge is 0.455 e. The molecule has 1 aliphatic carbocycles. The van der Waals surface area contributed by atoms with Gasteiger partial charge >= 0.3 is 0 Å². The Labute approximate surface area is 242 Å². The van der Waals surface area contributed by atoms with Crippen molar-refractivity contribution in [2.45, 2.75) is 52.3 Å². The van der Waals surface area contributed by atoms with Crippen molar-refractivity contribution in [1.29, 1.82) is 0 Å². The van der Waals surface area contributed by atoms with E-state index in [-0.39, 0.29) is 11.0 Å². The van der Waals surface area contributed by atoms with E-state index in [9.17, 15) is 1.37 Å². The lowest BCUT2D eigenvalue weighted by Gasteiger charge is -2.35. The average molecular weight is 526 g/mol. The zero-order valence-corrected chi connectivity index (χ0v) is 23.0. The summed E-state index contributed by atoms with van der Waals surface area (Å²) in [4.78, 5) is 4.76. The van der Waals surface area contributed by atoms with E-state index >= 15 is 0 Å². The Bertz CT molecular complexity index is 1980. The number of rotatable bonds is 4. The number of para-hydroxylation sites is 1. The van der Waals surface area contributed by atoms with Gasteiger partial charge in [-0.05, 0) is 89.9 Å². The van der Waals surface area contributed by atoms with Gasteiger partial charge < -0.3 is 4.42 Å². The standard InChI is InChI=1S/C38H35NO/c1-25-24-39-35(23-32(25)28-17-19-38(2,3)20-18-28)34-22-29(26-11-6-4-7-12-26)21-33-31-16-10-15-30(36(31)40-37(33)34)27-13-8-5-9-14-27/h4-16,21-24,28H,17-20H2,1-3H3/i1D3,28D. The Kier molecular flexibility index (Phi) is 5.06. The van der Waals surface area contributed by atoms with Crippen LogP contribution in [-0.4, -0.2) is 4.98 Å². The van der Waals surface area contributed by atoms with Crippen LogP contribution in [0.25, 0.3) is 55.4 Å². The van der Waals surface area contributed by atoms with Gasteiger partial charge in [0.1, 0.15) is 11.2 Å². The maximum absolute atomic E-state index is 9.57. The molecule has 0 radical (unpaired) electrons. The Morgan fingerprint density at radius 3 is 2.17 bits per heavy atom. The molecule has 4 aromatic carbocycles. The molecule has 2 aromatic heterocycles. The molecule has 7 rings (SSSR count). The van der Waals surface area contributed by atoms with Gasteiger partial charge in [0.05, 0.1) is 5.69 Å². The molecule has 2 heteroatoms. The van der Waals surface area contributed by atoms with E-state index in [1.165, 1.54) is 6.20 Å². The molecule has 0 spiro atoms. The van der Waals surface area contributed by atoms with E-state index in [1.807, 2.05) is 42.5 Å². The lowest BCUT2D eigenvalue weighted by atomic mass is 9.71. The Hall–Kier alpha value is -4.17. The fourth-order valence-corrected chi connectivity index (χ4v) is 6.13. The van der Waals surface area contributed by atoms with Crippen LogP contribution in [0.15, 0.2) is 108 Å². The average Bonchev–Trinajstić information content (AvgIpc) is 3.41. The molecular formula is C38H35NO. The molecule has 2 heterocycles. The van der Waals surface area contributed by atoms with Crippen molar-refractivity contribution in [1.82, 2.24) is 4.98 Å². The first-order chi connectivity index (χ1) is 21.0. The number of hydrogen-bond donors (Lipinski definition) is 0. The lowest BCUT2D eigenvalue weighted by Crippen LogP contribution is -2.20. The molecule has 6 aromatic rings. The predicted octanol–water partition coefficient (Wildman–Crippen LogP) is 11.0. The molecule has 0 saturated heterocycles. The molecule has 0 N–H and O–H groups in total. The minimum Gasteiger partial charge on any atom is -0.455 e. The third kappa shape index (κ3) is 4.42. The van der Waals surface area contributed by atoms with Gasteiger partial charge in [-0.25, -0.2) is 0 Å². The first kappa shape index (κ1) is 20.7. The molecule has 0 aliphatic heterocycles. The van der Waals surface area contributed by atoms with Crippen LogP contribution in [0.3, 0.4) is 0 Å². The molecule has 0 atom stereocenters. The molecule has 40 heavy (non-hydrogen) atoms. The molecule has 1 aliphatic rings. The normalized spacial score (nSPS) is 18.1. The second-order valence-electron chi connectivity index (χ2n) is 11.8. The van der Waals surface area contributed by atoms with Gasteiger partial charge in [-0.15, -0.1) is 0 Å². The fraction of sp³-hybridized carbons (Fsp3) is 0.237. The summed E-state index contributed by atoms with van der Waals surface area (Å²) in [6.07, 6.45) is 4.43.